The van der Waals surface area contributed by atoms with Crippen LogP contribution < -0.4 is 4.74 Å². The molecule has 1 aromatic rings. The molecule has 0 bridgehead atoms. The number of aryl methyl sites for hydroxylation is 1. The average Bonchev–Trinajstić information content (AvgIpc) is 2.81. The molecule has 1 saturated carbocycles. The SMILES string of the molecule is Cc1cc(OC2CC2)ccc1F. The third-order valence-corrected chi connectivity index (χ3v) is 1.96. The summed E-state index contributed by atoms with van der Waals surface area (Å²) in [6.45, 7) is 1.75. The molecule has 0 saturated heterocycles. The minimum absolute atomic E-state index is 0.168. The van der Waals surface area contributed by atoms with E-state index in [-0.39, 0.29) is 5.82 Å². The molecule has 0 radical (unpaired) electrons. The van der Waals surface area contributed by atoms with Crippen molar-refractivity contribution in [2.24, 2.45) is 0 Å². The van der Waals surface area contributed by atoms with Crippen molar-refractivity contribution in [2.45, 2.75) is 25.9 Å². The summed E-state index contributed by atoms with van der Waals surface area (Å²) in [5, 5.41) is 0. The maximum Gasteiger partial charge on any atom is 0.126 e. The van der Waals surface area contributed by atoms with Gasteiger partial charge in [-0.3, -0.25) is 0 Å². The van der Waals surface area contributed by atoms with Crippen LogP contribution in [0.25, 0.3) is 0 Å². The predicted molar refractivity (Wildman–Crippen MR) is 44.8 cm³/mol. The van der Waals surface area contributed by atoms with Crippen LogP contribution in [0.15, 0.2) is 18.2 Å². The molecule has 1 aliphatic carbocycles. The standard InChI is InChI=1S/C10H11FO/c1-7-6-9(4-5-10(7)11)12-8-2-3-8/h4-6,8H,2-3H2,1H3. The highest BCUT2D eigenvalue weighted by Crippen LogP contribution is 2.27. The smallest absolute Gasteiger partial charge is 0.126 e. The van der Waals surface area contributed by atoms with Crippen LogP contribution in [-0.4, -0.2) is 6.10 Å². The van der Waals surface area contributed by atoms with Crippen molar-refractivity contribution in [1.29, 1.82) is 0 Å². The van der Waals surface area contributed by atoms with E-state index in [1.165, 1.54) is 6.07 Å². The number of benzene rings is 1. The first-order chi connectivity index (χ1) is 5.75. The zero-order valence-corrected chi connectivity index (χ0v) is 7.01. The minimum atomic E-state index is -0.168. The van der Waals surface area contributed by atoms with E-state index in [9.17, 15) is 4.39 Å². The van der Waals surface area contributed by atoms with Crippen LogP contribution in [0.4, 0.5) is 4.39 Å². The zero-order chi connectivity index (χ0) is 8.55. The van der Waals surface area contributed by atoms with Gasteiger partial charge >= 0.3 is 0 Å². The molecular formula is C10H11FO. The Morgan fingerprint density at radius 1 is 1.42 bits per heavy atom. The molecule has 0 aromatic heterocycles. The second-order valence-corrected chi connectivity index (χ2v) is 3.23. The van der Waals surface area contributed by atoms with Crippen LogP contribution in [0.5, 0.6) is 5.75 Å². The Morgan fingerprint density at radius 2 is 2.17 bits per heavy atom. The lowest BCUT2D eigenvalue weighted by Gasteiger charge is -2.04. The highest BCUT2D eigenvalue weighted by atomic mass is 19.1. The second-order valence-electron chi connectivity index (χ2n) is 3.23. The van der Waals surface area contributed by atoms with E-state index in [1.807, 2.05) is 0 Å². The molecule has 0 spiro atoms. The Bertz CT molecular complexity index is 292. The number of halogens is 1. The fourth-order valence-corrected chi connectivity index (χ4v) is 1.07. The first-order valence-electron chi connectivity index (χ1n) is 4.18. The van der Waals surface area contributed by atoms with Crippen LogP contribution in [0, 0.1) is 12.7 Å². The van der Waals surface area contributed by atoms with Gasteiger partial charge in [0.2, 0.25) is 0 Å². The molecule has 12 heavy (non-hydrogen) atoms. The Morgan fingerprint density at radius 3 is 2.75 bits per heavy atom. The summed E-state index contributed by atoms with van der Waals surface area (Å²) in [5.41, 5.74) is 0.646. The normalized spacial score (nSPS) is 16.2. The summed E-state index contributed by atoms with van der Waals surface area (Å²) in [6, 6.07) is 4.88. The number of hydrogen-bond acceptors (Lipinski definition) is 1. The van der Waals surface area contributed by atoms with Crippen LogP contribution >= 0.6 is 0 Å². The van der Waals surface area contributed by atoms with Crippen molar-refractivity contribution >= 4 is 0 Å². The minimum Gasteiger partial charge on any atom is -0.490 e. The summed E-state index contributed by atoms with van der Waals surface area (Å²) in [4.78, 5) is 0. The molecule has 0 aliphatic heterocycles. The summed E-state index contributed by atoms with van der Waals surface area (Å²) in [7, 11) is 0. The van der Waals surface area contributed by atoms with E-state index in [1.54, 1.807) is 19.1 Å². The third kappa shape index (κ3) is 1.58. The molecule has 0 unspecified atom stereocenters. The van der Waals surface area contributed by atoms with Gasteiger partial charge in [-0.05, 0) is 43.5 Å². The summed E-state index contributed by atoms with van der Waals surface area (Å²) < 4.78 is 18.3. The molecule has 2 rings (SSSR count). The van der Waals surface area contributed by atoms with Crippen molar-refractivity contribution in [3.8, 4) is 5.75 Å². The highest BCUT2D eigenvalue weighted by molar-refractivity contribution is 5.29. The van der Waals surface area contributed by atoms with E-state index in [0.29, 0.717) is 11.7 Å². The summed E-state index contributed by atoms with van der Waals surface area (Å²) >= 11 is 0. The third-order valence-electron chi connectivity index (χ3n) is 1.96. The molecule has 0 N–H and O–H groups in total. The van der Waals surface area contributed by atoms with Gasteiger partial charge in [0.15, 0.2) is 0 Å². The average molecular weight is 166 g/mol. The van der Waals surface area contributed by atoms with Crippen LogP contribution in [0.2, 0.25) is 0 Å². The Balaban J connectivity index is 2.15. The lowest BCUT2D eigenvalue weighted by atomic mass is 10.2. The molecule has 1 nitrogen and oxygen atoms in total. The Hall–Kier alpha value is -1.05. The van der Waals surface area contributed by atoms with Crippen LogP contribution in [0.1, 0.15) is 18.4 Å². The van der Waals surface area contributed by atoms with Gasteiger partial charge in [-0.15, -0.1) is 0 Å². The molecule has 0 heterocycles. The molecular weight excluding hydrogens is 155 g/mol. The van der Waals surface area contributed by atoms with Gasteiger partial charge in [-0.2, -0.15) is 0 Å². The predicted octanol–water partition coefficient (Wildman–Crippen LogP) is 2.68. The van der Waals surface area contributed by atoms with E-state index in [0.717, 1.165) is 18.6 Å². The number of hydrogen-bond donors (Lipinski definition) is 0. The fraction of sp³-hybridized carbons (Fsp3) is 0.400. The van der Waals surface area contributed by atoms with E-state index >= 15 is 0 Å². The van der Waals surface area contributed by atoms with E-state index < -0.39 is 0 Å². The van der Waals surface area contributed by atoms with Gasteiger partial charge < -0.3 is 4.74 Å². The highest BCUT2D eigenvalue weighted by Gasteiger charge is 2.23. The van der Waals surface area contributed by atoms with Gasteiger partial charge in [0.1, 0.15) is 11.6 Å². The van der Waals surface area contributed by atoms with Gasteiger partial charge in [-0.25, -0.2) is 4.39 Å². The topological polar surface area (TPSA) is 9.23 Å². The molecule has 0 amide bonds. The van der Waals surface area contributed by atoms with Crippen LogP contribution in [0.3, 0.4) is 0 Å². The Kier molecular flexibility index (Phi) is 1.75. The number of rotatable bonds is 2. The quantitative estimate of drug-likeness (QED) is 0.656. The molecule has 1 aliphatic rings. The Labute approximate surface area is 71.2 Å². The fourth-order valence-electron chi connectivity index (χ4n) is 1.07. The van der Waals surface area contributed by atoms with Gasteiger partial charge in [-0.1, -0.05) is 0 Å². The molecule has 1 aromatic carbocycles. The van der Waals surface area contributed by atoms with Crippen molar-refractivity contribution in [3.63, 3.8) is 0 Å². The number of ether oxygens (including phenoxy) is 1. The van der Waals surface area contributed by atoms with Gasteiger partial charge in [0.25, 0.3) is 0 Å². The first-order valence-corrected chi connectivity index (χ1v) is 4.18. The first kappa shape index (κ1) is 7.59. The lowest BCUT2D eigenvalue weighted by molar-refractivity contribution is 0.302. The van der Waals surface area contributed by atoms with Crippen LogP contribution in [-0.2, 0) is 0 Å². The summed E-state index contributed by atoms with van der Waals surface area (Å²) in [6.07, 6.45) is 2.65. The lowest BCUT2D eigenvalue weighted by Crippen LogP contribution is -1.96. The largest absolute Gasteiger partial charge is 0.490 e. The van der Waals surface area contributed by atoms with Crippen molar-refractivity contribution in [1.82, 2.24) is 0 Å². The van der Waals surface area contributed by atoms with Gasteiger partial charge in [0.05, 0.1) is 6.10 Å². The molecule has 0 atom stereocenters. The van der Waals surface area contributed by atoms with Crippen molar-refractivity contribution in [2.75, 3.05) is 0 Å². The second kappa shape index (κ2) is 2.77. The monoisotopic (exact) mass is 166 g/mol. The van der Waals surface area contributed by atoms with Crippen molar-refractivity contribution < 1.29 is 9.13 Å². The van der Waals surface area contributed by atoms with E-state index in [2.05, 4.69) is 0 Å². The maximum atomic E-state index is 12.8. The van der Waals surface area contributed by atoms with E-state index in [4.69, 9.17) is 4.74 Å². The molecule has 2 heteroatoms. The van der Waals surface area contributed by atoms with Gasteiger partial charge in [0, 0.05) is 0 Å². The zero-order valence-electron chi connectivity index (χ0n) is 7.01. The van der Waals surface area contributed by atoms with Crippen molar-refractivity contribution in [3.05, 3.63) is 29.6 Å². The molecule has 64 valence electrons. The maximum absolute atomic E-state index is 12.8. The summed E-state index contributed by atoms with van der Waals surface area (Å²) in [5.74, 6) is 0.620. The molecule has 1 fully saturated rings.